The van der Waals surface area contributed by atoms with E-state index < -0.39 is 16.1 Å². The molecule has 0 aliphatic carbocycles. The molecule has 0 spiro atoms. The molecule has 1 atom stereocenters. The SMILES string of the molecule is COc1cccc(CNC(=O)[C@H]2Cc3cc(S(=O)(=O)N4CCCC4)ccc3N2C(C)=O)c1OC. The van der Waals surface area contributed by atoms with Crippen molar-refractivity contribution in [2.75, 3.05) is 32.2 Å². The predicted octanol–water partition coefficient (Wildman–Crippen LogP) is 2.08. The van der Waals surface area contributed by atoms with Gasteiger partial charge in [0.05, 0.1) is 19.1 Å². The van der Waals surface area contributed by atoms with E-state index in [-0.39, 0.29) is 29.7 Å². The maximum absolute atomic E-state index is 13.1. The van der Waals surface area contributed by atoms with Crippen LogP contribution in [-0.2, 0) is 32.6 Å². The van der Waals surface area contributed by atoms with Crippen LogP contribution in [0.3, 0.4) is 0 Å². The normalized spacial score (nSPS) is 18.0. The Morgan fingerprint density at radius 2 is 1.82 bits per heavy atom. The van der Waals surface area contributed by atoms with Gasteiger partial charge in [-0.15, -0.1) is 0 Å². The van der Waals surface area contributed by atoms with Gasteiger partial charge in [0, 0.05) is 44.2 Å². The Morgan fingerprint density at radius 3 is 2.47 bits per heavy atom. The first-order valence-electron chi connectivity index (χ1n) is 11.2. The molecule has 0 saturated carbocycles. The van der Waals surface area contributed by atoms with Crippen LogP contribution in [0.2, 0.25) is 0 Å². The van der Waals surface area contributed by atoms with Crippen molar-refractivity contribution in [2.45, 2.75) is 43.7 Å². The number of hydrogen-bond acceptors (Lipinski definition) is 6. The van der Waals surface area contributed by atoms with E-state index in [0.29, 0.717) is 35.8 Å². The molecule has 1 saturated heterocycles. The molecule has 0 bridgehead atoms. The van der Waals surface area contributed by atoms with Crippen molar-refractivity contribution in [3.05, 3.63) is 47.5 Å². The second-order valence-corrected chi connectivity index (χ2v) is 10.3. The Labute approximate surface area is 199 Å². The van der Waals surface area contributed by atoms with E-state index in [0.717, 1.165) is 18.4 Å². The lowest BCUT2D eigenvalue weighted by Crippen LogP contribution is -2.47. The summed E-state index contributed by atoms with van der Waals surface area (Å²) in [6.45, 7) is 2.61. The highest BCUT2D eigenvalue weighted by molar-refractivity contribution is 7.89. The molecule has 4 rings (SSSR count). The summed E-state index contributed by atoms with van der Waals surface area (Å²) < 4.78 is 38.2. The zero-order valence-corrected chi connectivity index (χ0v) is 20.4. The smallest absolute Gasteiger partial charge is 0.243 e. The Bertz CT molecular complexity index is 1210. The molecule has 2 heterocycles. The number of rotatable bonds is 7. The third-order valence-corrected chi connectivity index (χ3v) is 8.21. The number of carbonyl (C=O) groups is 2. The molecule has 9 nitrogen and oxygen atoms in total. The van der Waals surface area contributed by atoms with Crippen LogP contribution in [0.25, 0.3) is 0 Å². The van der Waals surface area contributed by atoms with Crippen LogP contribution >= 0.6 is 0 Å². The van der Waals surface area contributed by atoms with Crippen molar-refractivity contribution in [2.24, 2.45) is 0 Å². The molecule has 34 heavy (non-hydrogen) atoms. The van der Waals surface area contributed by atoms with E-state index in [1.165, 1.54) is 29.3 Å². The Balaban J connectivity index is 1.55. The molecule has 2 aliphatic heterocycles. The molecular formula is C24H29N3O6S. The molecule has 2 aromatic carbocycles. The molecule has 182 valence electrons. The average Bonchev–Trinajstić information content (AvgIpc) is 3.50. The molecule has 2 aromatic rings. The fraction of sp³-hybridized carbons (Fsp3) is 0.417. The van der Waals surface area contributed by atoms with Gasteiger partial charge in [0.25, 0.3) is 0 Å². The van der Waals surface area contributed by atoms with Gasteiger partial charge in [0.1, 0.15) is 6.04 Å². The number of nitrogens with one attached hydrogen (secondary N) is 1. The Morgan fingerprint density at radius 1 is 1.09 bits per heavy atom. The number of ether oxygens (including phenoxy) is 2. The molecule has 2 aliphatic rings. The van der Waals surface area contributed by atoms with Gasteiger partial charge >= 0.3 is 0 Å². The number of sulfonamides is 1. The number of hydrogen-bond donors (Lipinski definition) is 1. The standard InChI is InChI=1S/C24H29N3O6S/c1-16(28)27-20-10-9-19(34(30,31)26-11-4-5-12-26)13-18(20)14-21(27)24(29)25-15-17-7-6-8-22(32-2)23(17)33-3/h6-10,13,21H,4-5,11-12,14-15H2,1-3H3,(H,25,29)/t21-/m1/s1. The van der Waals surface area contributed by atoms with E-state index in [1.807, 2.05) is 6.07 Å². The molecule has 0 radical (unpaired) electrons. The summed E-state index contributed by atoms with van der Waals surface area (Å²) in [7, 11) is -0.522. The van der Waals surface area contributed by atoms with Crippen LogP contribution in [0, 0.1) is 0 Å². The van der Waals surface area contributed by atoms with E-state index in [1.54, 1.807) is 31.4 Å². The summed E-state index contributed by atoms with van der Waals surface area (Å²) in [4.78, 5) is 27.2. The van der Waals surface area contributed by atoms with Crippen molar-refractivity contribution < 1.29 is 27.5 Å². The summed E-state index contributed by atoms with van der Waals surface area (Å²) in [6.07, 6.45) is 1.94. The van der Waals surface area contributed by atoms with Gasteiger partial charge in [-0.1, -0.05) is 12.1 Å². The molecular weight excluding hydrogens is 458 g/mol. The average molecular weight is 488 g/mol. The molecule has 0 unspecified atom stereocenters. The highest BCUT2D eigenvalue weighted by Crippen LogP contribution is 2.36. The first kappa shape index (κ1) is 24.0. The molecule has 1 fully saturated rings. The van der Waals surface area contributed by atoms with E-state index in [4.69, 9.17) is 9.47 Å². The number of benzene rings is 2. The topological polar surface area (TPSA) is 105 Å². The van der Waals surface area contributed by atoms with Crippen molar-refractivity contribution in [3.63, 3.8) is 0 Å². The summed E-state index contributed by atoms with van der Waals surface area (Å²) in [5.41, 5.74) is 1.96. The lowest BCUT2D eigenvalue weighted by Gasteiger charge is -2.24. The quantitative estimate of drug-likeness (QED) is 0.641. The number of carbonyl (C=O) groups excluding carboxylic acids is 2. The number of fused-ring (bicyclic) bond motifs is 1. The summed E-state index contributed by atoms with van der Waals surface area (Å²) in [5.74, 6) is 0.466. The third-order valence-electron chi connectivity index (χ3n) is 6.32. The van der Waals surface area contributed by atoms with Crippen LogP contribution in [-0.4, -0.2) is 57.9 Å². The lowest BCUT2D eigenvalue weighted by atomic mass is 10.1. The largest absolute Gasteiger partial charge is 0.493 e. The Hall–Kier alpha value is -3.11. The molecule has 0 aromatic heterocycles. The number of nitrogens with zero attached hydrogens (tertiary/aromatic N) is 2. The van der Waals surface area contributed by atoms with Crippen LogP contribution in [0.5, 0.6) is 11.5 Å². The molecule has 10 heteroatoms. The fourth-order valence-electron chi connectivity index (χ4n) is 4.66. The van der Waals surface area contributed by atoms with Gasteiger partial charge in [0.15, 0.2) is 11.5 Å². The van der Waals surface area contributed by atoms with Gasteiger partial charge in [-0.3, -0.25) is 14.5 Å². The van der Waals surface area contributed by atoms with Crippen LogP contribution in [0.1, 0.15) is 30.9 Å². The first-order valence-corrected chi connectivity index (χ1v) is 12.6. The van der Waals surface area contributed by atoms with E-state index >= 15 is 0 Å². The monoisotopic (exact) mass is 487 g/mol. The summed E-state index contributed by atoms with van der Waals surface area (Å²) >= 11 is 0. The number of para-hydroxylation sites is 1. The van der Waals surface area contributed by atoms with Crippen LogP contribution in [0.15, 0.2) is 41.3 Å². The molecule has 2 amide bonds. The summed E-state index contributed by atoms with van der Waals surface area (Å²) in [6, 6.07) is 9.36. The number of methoxy groups -OCH3 is 2. The minimum absolute atomic E-state index is 0.187. The van der Waals surface area contributed by atoms with Crippen molar-refractivity contribution in [1.29, 1.82) is 0 Å². The van der Waals surface area contributed by atoms with Crippen LogP contribution < -0.4 is 19.7 Å². The zero-order chi connectivity index (χ0) is 24.5. The van der Waals surface area contributed by atoms with Crippen molar-refractivity contribution in [1.82, 2.24) is 9.62 Å². The minimum atomic E-state index is -3.59. The van der Waals surface area contributed by atoms with Gasteiger partial charge in [-0.25, -0.2) is 8.42 Å². The number of amides is 2. The van der Waals surface area contributed by atoms with Gasteiger partial charge < -0.3 is 14.8 Å². The van der Waals surface area contributed by atoms with Gasteiger partial charge in [-0.05, 0) is 42.7 Å². The van der Waals surface area contributed by atoms with Gasteiger partial charge in [0.2, 0.25) is 21.8 Å². The van der Waals surface area contributed by atoms with E-state index in [2.05, 4.69) is 5.32 Å². The maximum Gasteiger partial charge on any atom is 0.243 e. The van der Waals surface area contributed by atoms with E-state index in [9.17, 15) is 18.0 Å². The third kappa shape index (κ3) is 4.35. The fourth-order valence-corrected chi connectivity index (χ4v) is 6.23. The second kappa shape index (κ2) is 9.63. The minimum Gasteiger partial charge on any atom is -0.493 e. The van der Waals surface area contributed by atoms with Crippen molar-refractivity contribution >= 4 is 27.5 Å². The summed E-state index contributed by atoms with van der Waals surface area (Å²) in [5, 5.41) is 2.88. The first-order chi connectivity index (χ1) is 16.3. The van der Waals surface area contributed by atoms with Gasteiger partial charge in [-0.2, -0.15) is 4.31 Å². The van der Waals surface area contributed by atoms with Crippen molar-refractivity contribution in [3.8, 4) is 11.5 Å². The highest BCUT2D eigenvalue weighted by atomic mass is 32.2. The predicted molar refractivity (Wildman–Crippen MR) is 126 cm³/mol. The highest BCUT2D eigenvalue weighted by Gasteiger charge is 2.38. The zero-order valence-electron chi connectivity index (χ0n) is 19.5. The molecule has 1 N–H and O–H groups in total. The van der Waals surface area contributed by atoms with Crippen LogP contribution in [0.4, 0.5) is 5.69 Å². The second-order valence-electron chi connectivity index (χ2n) is 8.38. The number of anilines is 1. The lowest BCUT2D eigenvalue weighted by molar-refractivity contribution is -0.125. The Kier molecular flexibility index (Phi) is 6.81. The maximum atomic E-state index is 13.1.